The second-order valence-electron chi connectivity index (χ2n) is 4.18. The van der Waals surface area contributed by atoms with Crippen molar-refractivity contribution in [3.8, 4) is 0 Å². The van der Waals surface area contributed by atoms with E-state index < -0.39 is 10.0 Å². The highest BCUT2D eigenvalue weighted by Crippen LogP contribution is 2.17. The standard InChI is InChI=1S/C12H16ClN3O3S/c1-2-19-5-6-20(17,18)14-8-12-15-10-4-3-9(13)7-11(10)16-12/h3-4,7,14H,2,5-6,8H2,1H3,(H,15,16). The van der Waals surface area contributed by atoms with Crippen LogP contribution in [-0.4, -0.2) is 37.4 Å². The number of rotatable bonds is 7. The summed E-state index contributed by atoms with van der Waals surface area (Å²) in [4.78, 5) is 7.30. The average molecular weight is 318 g/mol. The first-order valence-corrected chi connectivity index (χ1v) is 8.22. The summed E-state index contributed by atoms with van der Waals surface area (Å²) >= 11 is 5.88. The van der Waals surface area contributed by atoms with E-state index in [0.717, 1.165) is 11.0 Å². The Morgan fingerprint density at radius 2 is 2.25 bits per heavy atom. The van der Waals surface area contributed by atoms with Crippen LogP contribution >= 0.6 is 11.6 Å². The van der Waals surface area contributed by atoms with Gasteiger partial charge in [-0.1, -0.05) is 11.6 Å². The second-order valence-corrected chi connectivity index (χ2v) is 6.54. The Bertz CT molecular complexity index is 684. The van der Waals surface area contributed by atoms with E-state index in [1.165, 1.54) is 0 Å². The molecule has 0 spiro atoms. The Kier molecular flexibility index (Phi) is 4.98. The lowest BCUT2D eigenvalue weighted by Crippen LogP contribution is -2.28. The van der Waals surface area contributed by atoms with Gasteiger partial charge in [0.1, 0.15) is 5.82 Å². The Labute approximate surface area is 122 Å². The molecule has 0 amide bonds. The predicted molar refractivity (Wildman–Crippen MR) is 78.2 cm³/mol. The summed E-state index contributed by atoms with van der Waals surface area (Å²) in [5.41, 5.74) is 1.53. The number of nitrogens with zero attached hydrogens (tertiary/aromatic N) is 1. The van der Waals surface area contributed by atoms with E-state index in [1.807, 2.05) is 6.92 Å². The number of H-pyrrole nitrogens is 1. The lowest BCUT2D eigenvalue weighted by Gasteiger charge is -2.04. The summed E-state index contributed by atoms with van der Waals surface area (Å²) in [5.74, 6) is 0.481. The van der Waals surface area contributed by atoms with Crippen molar-refractivity contribution < 1.29 is 13.2 Å². The Hall–Kier alpha value is -1.15. The third-order valence-corrected chi connectivity index (χ3v) is 4.18. The van der Waals surface area contributed by atoms with Crippen molar-refractivity contribution in [1.82, 2.24) is 14.7 Å². The highest BCUT2D eigenvalue weighted by atomic mass is 35.5. The lowest BCUT2D eigenvalue weighted by atomic mass is 10.3. The van der Waals surface area contributed by atoms with Gasteiger partial charge in [-0.3, -0.25) is 0 Å². The van der Waals surface area contributed by atoms with Gasteiger partial charge in [0.25, 0.3) is 0 Å². The molecule has 1 heterocycles. The number of hydrogen-bond donors (Lipinski definition) is 2. The summed E-state index contributed by atoms with van der Waals surface area (Å²) in [6.07, 6.45) is 0. The highest BCUT2D eigenvalue weighted by Gasteiger charge is 2.11. The summed E-state index contributed by atoms with van der Waals surface area (Å²) in [7, 11) is -3.36. The summed E-state index contributed by atoms with van der Waals surface area (Å²) in [6, 6.07) is 5.26. The Balaban J connectivity index is 1.98. The molecule has 0 saturated carbocycles. The van der Waals surface area contributed by atoms with Crippen LogP contribution in [0.3, 0.4) is 0 Å². The van der Waals surface area contributed by atoms with E-state index in [1.54, 1.807) is 18.2 Å². The molecule has 8 heteroatoms. The van der Waals surface area contributed by atoms with Crippen molar-refractivity contribution in [2.45, 2.75) is 13.5 Å². The number of ether oxygens (including phenoxy) is 1. The maximum atomic E-state index is 11.7. The smallest absolute Gasteiger partial charge is 0.214 e. The van der Waals surface area contributed by atoms with Gasteiger partial charge in [0, 0.05) is 11.6 Å². The molecule has 0 fully saturated rings. The minimum Gasteiger partial charge on any atom is -0.381 e. The monoisotopic (exact) mass is 317 g/mol. The summed E-state index contributed by atoms with van der Waals surface area (Å²) < 4.78 is 30.9. The zero-order valence-corrected chi connectivity index (χ0v) is 12.6. The molecule has 0 saturated heterocycles. The zero-order valence-electron chi connectivity index (χ0n) is 11.0. The number of benzene rings is 1. The molecule has 1 aromatic heterocycles. The number of sulfonamides is 1. The summed E-state index contributed by atoms with van der Waals surface area (Å²) in [6.45, 7) is 2.61. The quantitative estimate of drug-likeness (QED) is 0.761. The molecule has 0 radical (unpaired) electrons. The molecule has 0 bridgehead atoms. The van der Waals surface area contributed by atoms with Gasteiger partial charge in [-0.25, -0.2) is 18.1 Å². The van der Waals surface area contributed by atoms with Crippen LogP contribution in [0.15, 0.2) is 18.2 Å². The van der Waals surface area contributed by atoms with Gasteiger partial charge in [-0.05, 0) is 25.1 Å². The van der Waals surface area contributed by atoms with E-state index in [-0.39, 0.29) is 18.9 Å². The minimum absolute atomic E-state index is 0.0626. The molecule has 2 aromatic rings. The lowest BCUT2D eigenvalue weighted by molar-refractivity contribution is 0.163. The number of hydrogen-bond acceptors (Lipinski definition) is 4. The zero-order chi connectivity index (χ0) is 14.6. The normalized spacial score (nSPS) is 12.1. The van der Waals surface area contributed by atoms with Crippen LogP contribution < -0.4 is 4.72 Å². The maximum Gasteiger partial charge on any atom is 0.214 e. The van der Waals surface area contributed by atoms with E-state index in [0.29, 0.717) is 17.5 Å². The number of nitrogens with one attached hydrogen (secondary N) is 2. The maximum absolute atomic E-state index is 11.7. The first-order valence-electron chi connectivity index (χ1n) is 6.19. The van der Waals surface area contributed by atoms with E-state index in [4.69, 9.17) is 16.3 Å². The largest absolute Gasteiger partial charge is 0.381 e. The molecule has 2 rings (SSSR count). The molecule has 0 unspecified atom stereocenters. The van der Waals surface area contributed by atoms with Crippen molar-refractivity contribution in [2.75, 3.05) is 19.0 Å². The van der Waals surface area contributed by atoms with Crippen LogP contribution in [0, 0.1) is 0 Å². The molecule has 6 nitrogen and oxygen atoms in total. The van der Waals surface area contributed by atoms with Crippen molar-refractivity contribution in [3.63, 3.8) is 0 Å². The van der Waals surface area contributed by atoms with Crippen molar-refractivity contribution in [3.05, 3.63) is 29.0 Å². The van der Waals surface area contributed by atoms with Gasteiger partial charge in [-0.2, -0.15) is 0 Å². The predicted octanol–water partition coefficient (Wildman–Crippen LogP) is 1.67. The molecular weight excluding hydrogens is 302 g/mol. The van der Waals surface area contributed by atoms with Crippen LogP contribution in [0.5, 0.6) is 0 Å². The van der Waals surface area contributed by atoms with Gasteiger partial charge in [0.15, 0.2) is 0 Å². The van der Waals surface area contributed by atoms with Gasteiger partial charge in [0.05, 0.1) is 29.9 Å². The average Bonchev–Trinajstić information content (AvgIpc) is 2.79. The van der Waals surface area contributed by atoms with Crippen molar-refractivity contribution >= 4 is 32.7 Å². The third kappa shape index (κ3) is 4.17. The van der Waals surface area contributed by atoms with Gasteiger partial charge < -0.3 is 9.72 Å². The molecule has 2 N–H and O–H groups in total. The van der Waals surface area contributed by atoms with Crippen molar-refractivity contribution in [2.24, 2.45) is 0 Å². The fourth-order valence-electron chi connectivity index (χ4n) is 1.68. The summed E-state index contributed by atoms with van der Waals surface area (Å²) in [5, 5.41) is 0.602. The topological polar surface area (TPSA) is 84.1 Å². The fraction of sp³-hybridized carbons (Fsp3) is 0.417. The molecular formula is C12H16ClN3O3S. The first kappa shape index (κ1) is 15.2. The molecule has 0 aliphatic heterocycles. The molecule has 0 aliphatic rings. The van der Waals surface area contributed by atoms with E-state index in [2.05, 4.69) is 14.7 Å². The Morgan fingerprint density at radius 3 is 3.00 bits per heavy atom. The minimum atomic E-state index is -3.36. The number of aromatic amines is 1. The second kappa shape index (κ2) is 6.53. The van der Waals surface area contributed by atoms with E-state index >= 15 is 0 Å². The van der Waals surface area contributed by atoms with Gasteiger partial charge >= 0.3 is 0 Å². The molecule has 1 aromatic carbocycles. The number of halogens is 1. The fourth-order valence-corrected chi connectivity index (χ4v) is 2.69. The molecule has 20 heavy (non-hydrogen) atoms. The van der Waals surface area contributed by atoms with Crippen LogP contribution in [0.4, 0.5) is 0 Å². The SMILES string of the molecule is CCOCCS(=O)(=O)NCc1nc2ccc(Cl)cc2[nH]1. The van der Waals surface area contributed by atoms with Gasteiger partial charge in [-0.15, -0.1) is 0 Å². The Morgan fingerprint density at radius 1 is 1.45 bits per heavy atom. The van der Waals surface area contributed by atoms with Gasteiger partial charge in [0.2, 0.25) is 10.0 Å². The highest BCUT2D eigenvalue weighted by molar-refractivity contribution is 7.89. The first-order chi connectivity index (χ1) is 9.50. The third-order valence-electron chi connectivity index (χ3n) is 2.65. The molecule has 110 valence electrons. The van der Waals surface area contributed by atoms with Crippen LogP contribution in [0.25, 0.3) is 11.0 Å². The number of imidazole rings is 1. The number of fused-ring (bicyclic) bond motifs is 1. The van der Waals surface area contributed by atoms with E-state index in [9.17, 15) is 8.42 Å². The van der Waals surface area contributed by atoms with Crippen LogP contribution in [0.2, 0.25) is 5.02 Å². The van der Waals surface area contributed by atoms with Crippen LogP contribution in [0.1, 0.15) is 12.7 Å². The number of aromatic nitrogens is 2. The van der Waals surface area contributed by atoms with Crippen molar-refractivity contribution in [1.29, 1.82) is 0 Å². The molecule has 0 aliphatic carbocycles. The molecule has 0 atom stereocenters. The van der Waals surface area contributed by atoms with Crippen LogP contribution in [-0.2, 0) is 21.3 Å².